The summed E-state index contributed by atoms with van der Waals surface area (Å²) in [6.45, 7) is 0.738. The highest BCUT2D eigenvalue weighted by Gasteiger charge is 2.12. The van der Waals surface area contributed by atoms with Crippen molar-refractivity contribution in [3.05, 3.63) is 75.8 Å². The van der Waals surface area contributed by atoms with Crippen LogP contribution in [0.1, 0.15) is 23.5 Å². The lowest BCUT2D eigenvalue weighted by molar-refractivity contribution is -0.384. The minimum Gasteiger partial charge on any atom is -0.396 e. The van der Waals surface area contributed by atoms with Crippen LogP contribution < -0.4 is 10.6 Å². The van der Waals surface area contributed by atoms with Gasteiger partial charge in [-0.2, -0.15) is 0 Å². The number of amides is 2. The number of hydrogen-bond donors (Lipinski definition) is 3. The predicted molar refractivity (Wildman–Crippen MR) is 94.2 cm³/mol. The molecule has 0 aromatic heterocycles. The summed E-state index contributed by atoms with van der Waals surface area (Å²) in [7, 11) is 0. The van der Waals surface area contributed by atoms with Gasteiger partial charge in [-0.25, -0.2) is 4.79 Å². The van der Waals surface area contributed by atoms with Crippen molar-refractivity contribution >= 4 is 11.7 Å². The molecule has 0 fully saturated rings. The maximum Gasteiger partial charge on any atom is 0.315 e. The molecule has 0 saturated carbocycles. The summed E-state index contributed by atoms with van der Waals surface area (Å²) in [5.74, 6) is 0.0383. The standard InChI is InChI=1S/C18H21N3O4/c22-11-10-16(15-4-2-1-3-5-15)13-20-18(23)19-12-14-6-8-17(9-7-14)21(24)25/h1-9,16,22H,10-13H2,(H2,19,20,23). The van der Waals surface area contributed by atoms with Gasteiger partial charge in [-0.1, -0.05) is 42.5 Å². The lowest BCUT2D eigenvalue weighted by Gasteiger charge is -2.17. The molecule has 25 heavy (non-hydrogen) atoms. The van der Waals surface area contributed by atoms with Crippen molar-refractivity contribution in [2.75, 3.05) is 13.2 Å². The number of benzene rings is 2. The van der Waals surface area contributed by atoms with Gasteiger partial charge in [-0.05, 0) is 17.5 Å². The Morgan fingerprint density at radius 3 is 2.36 bits per heavy atom. The lowest BCUT2D eigenvalue weighted by Crippen LogP contribution is -2.37. The Hall–Kier alpha value is -2.93. The van der Waals surface area contributed by atoms with E-state index in [4.69, 9.17) is 0 Å². The van der Waals surface area contributed by atoms with E-state index in [1.54, 1.807) is 12.1 Å². The van der Waals surface area contributed by atoms with Crippen LogP contribution in [0.15, 0.2) is 54.6 Å². The molecule has 3 N–H and O–H groups in total. The minimum atomic E-state index is -0.463. The molecule has 0 radical (unpaired) electrons. The van der Waals surface area contributed by atoms with Crippen LogP contribution in [0.3, 0.4) is 0 Å². The maximum atomic E-state index is 11.9. The number of aliphatic hydroxyl groups is 1. The van der Waals surface area contributed by atoms with Crippen LogP contribution in [0.25, 0.3) is 0 Å². The monoisotopic (exact) mass is 343 g/mol. The van der Waals surface area contributed by atoms with Gasteiger partial charge in [-0.3, -0.25) is 10.1 Å². The molecule has 2 aromatic rings. The Morgan fingerprint density at radius 2 is 1.76 bits per heavy atom. The summed E-state index contributed by atoms with van der Waals surface area (Å²) in [4.78, 5) is 22.1. The quantitative estimate of drug-likeness (QED) is 0.506. The summed E-state index contributed by atoms with van der Waals surface area (Å²) in [6, 6.07) is 15.4. The zero-order valence-corrected chi connectivity index (χ0v) is 13.7. The molecule has 0 spiro atoms. The fourth-order valence-corrected chi connectivity index (χ4v) is 2.46. The molecular weight excluding hydrogens is 322 g/mol. The molecule has 0 aliphatic heterocycles. The molecule has 1 unspecified atom stereocenters. The SMILES string of the molecule is O=C(NCc1ccc([N+](=O)[O-])cc1)NCC(CCO)c1ccccc1. The number of hydrogen-bond acceptors (Lipinski definition) is 4. The predicted octanol–water partition coefficient (Wildman–Crippen LogP) is 2.56. The smallest absolute Gasteiger partial charge is 0.315 e. The third-order valence-corrected chi connectivity index (χ3v) is 3.86. The number of aliphatic hydroxyl groups excluding tert-OH is 1. The number of nitrogens with zero attached hydrogens (tertiary/aromatic N) is 1. The second-order valence-electron chi connectivity index (χ2n) is 5.61. The molecular formula is C18H21N3O4. The number of carbonyl (C=O) groups is 1. The molecule has 1 atom stereocenters. The van der Waals surface area contributed by atoms with Gasteiger partial charge in [0.15, 0.2) is 0 Å². The van der Waals surface area contributed by atoms with E-state index in [-0.39, 0.29) is 30.8 Å². The highest BCUT2D eigenvalue weighted by molar-refractivity contribution is 5.73. The van der Waals surface area contributed by atoms with E-state index >= 15 is 0 Å². The summed E-state index contributed by atoms with van der Waals surface area (Å²) >= 11 is 0. The van der Waals surface area contributed by atoms with E-state index in [1.807, 2.05) is 30.3 Å². The van der Waals surface area contributed by atoms with Crippen LogP contribution in [0.5, 0.6) is 0 Å². The summed E-state index contributed by atoms with van der Waals surface area (Å²) in [5.41, 5.74) is 1.85. The van der Waals surface area contributed by atoms with E-state index in [0.717, 1.165) is 11.1 Å². The zero-order valence-electron chi connectivity index (χ0n) is 13.7. The van der Waals surface area contributed by atoms with Crippen LogP contribution in [0.2, 0.25) is 0 Å². The van der Waals surface area contributed by atoms with Gasteiger partial charge < -0.3 is 15.7 Å². The molecule has 7 nitrogen and oxygen atoms in total. The Balaban J connectivity index is 1.81. The van der Waals surface area contributed by atoms with Gasteiger partial charge in [0.25, 0.3) is 5.69 Å². The van der Waals surface area contributed by atoms with Crippen LogP contribution in [-0.2, 0) is 6.54 Å². The van der Waals surface area contributed by atoms with E-state index in [0.29, 0.717) is 13.0 Å². The van der Waals surface area contributed by atoms with Crippen LogP contribution in [0, 0.1) is 10.1 Å². The molecule has 0 aliphatic carbocycles. The van der Waals surface area contributed by atoms with E-state index in [2.05, 4.69) is 10.6 Å². The average Bonchev–Trinajstić information content (AvgIpc) is 2.64. The highest BCUT2D eigenvalue weighted by Crippen LogP contribution is 2.18. The summed E-state index contributed by atoms with van der Waals surface area (Å²) in [6.07, 6.45) is 0.562. The number of nitrogens with one attached hydrogen (secondary N) is 2. The number of carbonyl (C=O) groups excluding carboxylic acids is 1. The topological polar surface area (TPSA) is 104 Å². The third-order valence-electron chi connectivity index (χ3n) is 3.86. The number of rotatable bonds is 8. The summed E-state index contributed by atoms with van der Waals surface area (Å²) < 4.78 is 0. The molecule has 0 bridgehead atoms. The van der Waals surface area contributed by atoms with Crippen molar-refractivity contribution in [2.45, 2.75) is 18.9 Å². The van der Waals surface area contributed by atoms with E-state index in [1.165, 1.54) is 12.1 Å². The molecule has 0 aliphatic rings. The molecule has 7 heteroatoms. The number of nitro groups is 1. The number of urea groups is 1. The first-order valence-electron chi connectivity index (χ1n) is 8.01. The average molecular weight is 343 g/mol. The normalized spacial score (nSPS) is 11.6. The largest absolute Gasteiger partial charge is 0.396 e. The van der Waals surface area contributed by atoms with E-state index < -0.39 is 4.92 Å². The van der Waals surface area contributed by atoms with Crippen molar-refractivity contribution in [3.8, 4) is 0 Å². The van der Waals surface area contributed by atoms with Gasteiger partial charge in [0, 0.05) is 37.7 Å². The van der Waals surface area contributed by atoms with Gasteiger partial charge in [0.1, 0.15) is 0 Å². The first kappa shape index (κ1) is 18.4. The van der Waals surface area contributed by atoms with Crippen LogP contribution in [0.4, 0.5) is 10.5 Å². The van der Waals surface area contributed by atoms with Gasteiger partial charge in [0.2, 0.25) is 0 Å². The van der Waals surface area contributed by atoms with E-state index in [9.17, 15) is 20.0 Å². The number of non-ortho nitro benzene ring substituents is 1. The Morgan fingerprint density at radius 1 is 1.08 bits per heavy atom. The van der Waals surface area contributed by atoms with Crippen molar-refractivity contribution in [1.29, 1.82) is 0 Å². The second kappa shape index (κ2) is 9.39. The third kappa shape index (κ3) is 5.89. The first-order chi connectivity index (χ1) is 12.1. The van der Waals surface area contributed by atoms with Gasteiger partial charge >= 0.3 is 6.03 Å². The molecule has 132 valence electrons. The fourth-order valence-electron chi connectivity index (χ4n) is 2.46. The summed E-state index contributed by atoms with van der Waals surface area (Å²) in [5, 5.41) is 25.3. The number of nitro benzene ring substituents is 1. The Labute approximate surface area is 145 Å². The lowest BCUT2D eigenvalue weighted by atomic mass is 9.96. The van der Waals surface area contributed by atoms with Crippen LogP contribution >= 0.6 is 0 Å². The zero-order chi connectivity index (χ0) is 18.1. The maximum absolute atomic E-state index is 11.9. The Kier molecular flexibility index (Phi) is 6.91. The second-order valence-corrected chi connectivity index (χ2v) is 5.61. The van der Waals surface area contributed by atoms with Gasteiger partial charge in [0.05, 0.1) is 4.92 Å². The van der Waals surface area contributed by atoms with Crippen molar-refractivity contribution in [1.82, 2.24) is 10.6 Å². The molecule has 2 rings (SSSR count). The van der Waals surface area contributed by atoms with Crippen molar-refractivity contribution < 1.29 is 14.8 Å². The molecule has 0 heterocycles. The molecule has 0 saturated heterocycles. The van der Waals surface area contributed by atoms with Crippen LogP contribution in [-0.4, -0.2) is 29.2 Å². The van der Waals surface area contributed by atoms with Crippen molar-refractivity contribution in [3.63, 3.8) is 0 Å². The highest BCUT2D eigenvalue weighted by atomic mass is 16.6. The first-order valence-corrected chi connectivity index (χ1v) is 8.01. The minimum absolute atomic E-state index is 0.0166. The van der Waals surface area contributed by atoms with Gasteiger partial charge in [-0.15, -0.1) is 0 Å². The Bertz CT molecular complexity index is 689. The van der Waals surface area contributed by atoms with Crippen molar-refractivity contribution in [2.24, 2.45) is 0 Å². The fraction of sp³-hybridized carbons (Fsp3) is 0.278. The molecule has 2 aromatic carbocycles. The molecule has 2 amide bonds.